The Hall–Kier alpha value is -1.61. The Bertz CT molecular complexity index is 519. The van der Waals surface area contributed by atoms with Gasteiger partial charge in [0.05, 0.1) is 4.88 Å². The summed E-state index contributed by atoms with van der Waals surface area (Å²) in [5, 5.41) is 4.95. The molecule has 1 heterocycles. The summed E-state index contributed by atoms with van der Waals surface area (Å²) in [5.41, 5.74) is 2.56. The summed E-state index contributed by atoms with van der Waals surface area (Å²) >= 11 is 1.47. The van der Waals surface area contributed by atoms with Gasteiger partial charge in [-0.3, -0.25) is 4.79 Å². The molecular weight excluding hydrogens is 242 g/mol. The van der Waals surface area contributed by atoms with Crippen molar-refractivity contribution in [2.24, 2.45) is 0 Å². The van der Waals surface area contributed by atoms with E-state index in [1.165, 1.54) is 22.5 Å². The quantitative estimate of drug-likeness (QED) is 0.895. The monoisotopic (exact) mass is 259 g/mol. The molecule has 0 spiro atoms. The van der Waals surface area contributed by atoms with Crippen LogP contribution < -0.4 is 5.32 Å². The molecule has 0 bridgehead atoms. The van der Waals surface area contributed by atoms with E-state index in [1.54, 1.807) is 0 Å². The summed E-state index contributed by atoms with van der Waals surface area (Å²) in [4.78, 5) is 12.7. The van der Waals surface area contributed by atoms with Gasteiger partial charge in [0, 0.05) is 6.04 Å². The van der Waals surface area contributed by atoms with E-state index in [-0.39, 0.29) is 11.9 Å². The third-order valence-corrected chi connectivity index (χ3v) is 3.78. The highest BCUT2D eigenvalue weighted by molar-refractivity contribution is 7.12. The third-order valence-electron chi connectivity index (χ3n) is 2.91. The van der Waals surface area contributed by atoms with E-state index in [0.717, 1.165) is 11.3 Å². The van der Waals surface area contributed by atoms with Crippen molar-refractivity contribution < 1.29 is 4.79 Å². The molecule has 1 atom stereocenters. The number of nitrogens with one attached hydrogen (secondary N) is 1. The topological polar surface area (TPSA) is 29.1 Å². The Kier molecular flexibility index (Phi) is 4.15. The highest BCUT2D eigenvalue weighted by atomic mass is 32.1. The van der Waals surface area contributed by atoms with Crippen LogP contribution in [0, 0.1) is 6.92 Å². The molecule has 1 N–H and O–H groups in total. The summed E-state index contributed by atoms with van der Waals surface area (Å²) in [6.45, 7) is 4.14. The maximum absolute atomic E-state index is 11.9. The van der Waals surface area contributed by atoms with E-state index < -0.39 is 0 Å². The van der Waals surface area contributed by atoms with Gasteiger partial charge in [0.25, 0.3) is 5.91 Å². The van der Waals surface area contributed by atoms with Crippen LogP contribution in [0.15, 0.2) is 41.8 Å². The lowest BCUT2D eigenvalue weighted by Gasteiger charge is -2.14. The second-order valence-electron chi connectivity index (χ2n) is 4.48. The first-order valence-corrected chi connectivity index (χ1v) is 6.93. The van der Waals surface area contributed by atoms with Gasteiger partial charge in [-0.15, -0.1) is 11.3 Å². The lowest BCUT2D eigenvalue weighted by Crippen LogP contribution is -2.33. The molecule has 2 rings (SSSR count). The van der Waals surface area contributed by atoms with E-state index >= 15 is 0 Å². The van der Waals surface area contributed by atoms with Crippen LogP contribution >= 0.6 is 11.3 Å². The van der Waals surface area contributed by atoms with Crippen LogP contribution in [-0.2, 0) is 6.42 Å². The van der Waals surface area contributed by atoms with E-state index in [9.17, 15) is 4.79 Å². The summed E-state index contributed by atoms with van der Waals surface area (Å²) in [7, 11) is 0. The fourth-order valence-electron chi connectivity index (χ4n) is 1.92. The molecule has 18 heavy (non-hydrogen) atoms. The molecule has 1 aromatic heterocycles. The third kappa shape index (κ3) is 3.20. The number of hydrogen-bond donors (Lipinski definition) is 1. The smallest absolute Gasteiger partial charge is 0.261 e. The van der Waals surface area contributed by atoms with Crippen molar-refractivity contribution >= 4 is 17.2 Å². The van der Waals surface area contributed by atoms with Crippen molar-refractivity contribution in [3.8, 4) is 0 Å². The summed E-state index contributed by atoms with van der Waals surface area (Å²) in [6.07, 6.45) is 0.865. The molecule has 1 aromatic carbocycles. The molecule has 0 aliphatic carbocycles. The summed E-state index contributed by atoms with van der Waals surface area (Å²) in [6, 6.07) is 12.2. The van der Waals surface area contributed by atoms with Crippen molar-refractivity contribution in [1.82, 2.24) is 5.32 Å². The molecule has 3 heteroatoms. The zero-order valence-corrected chi connectivity index (χ0v) is 11.5. The van der Waals surface area contributed by atoms with Gasteiger partial charge in [-0.05, 0) is 42.8 Å². The molecule has 0 aliphatic rings. The second kappa shape index (κ2) is 5.83. The van der Waals surface area contributed by atoms with Gasteiger partial charge in [0.2, 0.25) is 0 Å². The maximum Gasteiger partial charge on any atom is 0.261 e. The van der Waals surface area contributed by atoms with E-state index in [4.69, 9.17) is 0 Å². The van der Waals surface area contributed by atoms with Gasteiger partial charge in [0.15, 0.2) is 0 Å². The van der Waals surface area contributed by atoms with Gasteiger partial charge < -0.3 is 5.32 Å². The number of carbonyl (C=O) groups excluding carboxylic acids is 1. The SMILES string of the molecule is Cc1ccccc1CC(C)NC(=O)c1cccs1. The van der Waals surface area contributed by atoms with Crippen LogP contribution in [0.3, 0.4) is 0 Å². The first-order valence-electron chi connectivity index (χ1n) is 6.05. The lowest BCUT2D eigenvalue weighted by atomic mass is 10.0. The standard InChI is InChI=1S/C15H17NOS/c1-11-6-3-4-7-13(11)10-12(2)16-15(17)14-8-5-9-18-14/h3-9,12H,10H2,1-2H3,(H,16,17). The summed E-state index contributed by atoms with van der Waals surface area (Å²) < 4.78 is 0. The van der Waals surface area contributed by atoms with Crippen LogP contribution in [-0.4, -0.2) is 11.9 Å². The minimum Gasteiger partial charge on any atom is -0.349 e. The predicted molar refractivity (Wildman–Crippen MR) is 76.1 cm³/mol. The van der Waals surface area contributed by atoms with E-state index in [1.807, 2.05) is 36.6 Å². The number of thiophene rings is 1. The molecule has 0 aliphatic heterocycles. The van der Waals surface area contributed by atoms with Crippen molar-refractivity contribution in [1.29, 1.82) is 0 Å². The Labute approximate surface area is 112 Å². The van der Waals surface area contributed by atoms with Crippen LogP contribution in [0.2, 0.25) is 0 Å². The maximum atomic E-state index is 11.9. The minimum atomic E-state index is 0.0195. The number of carbonyl (C=O) groups is 1. The molecule has 0 saturated heterocycles. The molecule has 0 radical (unpaired) electrons. The van der Waals surface area contributed by atoms with Crippen LogP contribution in [0.1, 0.15) is 27.7 Å². The van der Waals surface area contributed by atoms with Crippen molar-refractivity contribution in [3.05, 3.63) is 57.8 Å². The van der Waals surface area contributed by atoms with Crippen LogP contribution in [0.4, 0.5) is 0 Å². The zero-order valence-electron chi connectivity index (χ0n) is 10.6. The largest absolute Gasteiger partial charge is 0.349 e. The number of rotatable bonds is 4. The summed E-state index contributed by atoms with van der Waals surface area (Å²) in [5.74, 6) is 0.0195. The number of amides is 1. The Morgan fingerprint density at radius 1 is 1.28 bits per heavy atom. The van der Waals surface area contributed by atoms with Gasteiger partial charge in [-0.25, -0.2) is 0 Å². The Balaban J connectivity index is 1.95. The van der Waals surface area contributed by atoms with E-state index in [2.05, 4.69) is 24.4 Å². The van der Waals surface area contributed by atoms with Gasteiger partial charge >= 0.3 is 0 Å². The highest BCUT2D eigenvalue weighted by Gasteiger charge is 2.11. The Morgan fingerprint density at radius 2 is 2.06 bits per heavy atom. The predicted octanol–water partition coefficient (Wildman–Crippen LogP) is 3.42. The number of hydrogen-bond acceptors (Lipinski definition) is 2. The highest BCUT2D eigenvalue weighted by Crippen LogP contribution is 2.11. The van der Waals surface area contributed by atoms with Gasteiger partial charge in [-0.2, -0.15) is 0 Å². The fraction of sp³-hybridized carbons (Fsp3) is 0.267. The second-order valence-corrected chi connectivity index (χ2v) is 5.43. The van der Waals surface area contributed by atoms with Crippen LogP contribution in [0.25, 0.3) is 0 Å². The molecule has 2 nitrogen and oxygen atoms in total. The zero-order chi connectivity index (χ0) is 13.0. The van der Waals surface area contributed by atoms with Crippen molar-refractivity contribution in [3.63, 3.8) is 0 Å². The fourth-order valence-corrected chi connectivity index (χ4v) is 2.55. The molecule has 2 aromatic rings. The average Bonchev–Trinajstić information content (AvgIpc) is 2.85. The molecule has 0 fully saturated rings. The van der Waals surface area contributed by atoms with Gasteiger partial charge in [-0.1, -0.05) is 30.3 Å². The number of aryl methyl sites for hydroxylation is 1. The average molecular weight is 259 g/mol. The molecule has 0 saturated carbocycles. The van der Waals surface area contributed by atoms with E-state index in [0.29, 0.717) is 0 Å². The normalized spacial score (nSPS) is 12.1. The molecule has 1 amide bonds. The van der Waals surface area contributed by atoms with Crippen molar-refractivity contribution in [2.45, 2.75) is 26.3 Å². The first-order chi connectivity index (χ1) is 8.66. The number of benzene rings is 1. The van der Waals surface area contributed by atoms with Crippen LogP contribution in [0.5, 0.6) is 0 Å². The molecule has 1 unspecified atom stereocenters. The van der Waals surface area contributed by atoms with Crippen molar-refractivity contribution in [2.75, 3.05) is 0 Å². The molecular formula is C15H17NOS. The first kappa shape index (κ1) is 12.8. The van der Waals surface area contributed by atoms with Gasteiger partial charge in [0.1, 0.15) is 0 Å². The minimum absolute atomic E-state index is 0.0195. The molecule has 94 valence electrons. The Morgan fingerprint density at radius 3 is 2.72 bits per heavy atom. The lowest BCUT2D eigenvalue weighted by molar-refractivity contribution is 0.0944.